The van der Waals surface area contributed by atoms with Crippen molar-refractivity contribution in [1.29, 1.82) is 0 Å². The fraction of sp³-hybridized carbons (Fsp3) is 0.211. The normalized spacial score (nSPS) is 9.97. The highest BCUT2D eigenvalue weighted by molar-refractivity contribution is 5.97. The number of hydrogen-bond donors (Lipinski definition) is 2. The lowest BCUT2D eigenvalue weighted by Crippen LogP contribution is -2.28. The van der Waals surface area contributed by atoms with Crippen molar-refractivity contribution < 1.29 is 28.8 Å². The van der Waals surface area contributed by atoms with E-state index in [2.05, 4.69) is 10.6 Å². The summed E-state index contributed by atoms with van der Waals surface area (Å²) in [5, 5.41) is 15.8. The Bertz CT molecular complexity index is 914. The van der Waals surface area contributed by atoms with E-state index in [1.807, 2.05) is 0 Å². The first-order chi connectivity index (χ1) is 13.9. The van der Waals surface area contributed by atoms with Crippen molar-refractivity contribution in [3.63, 3.8) is 0 Å². The average Bonchev–Trinajstić information content (AvgIpc) is 2.72. The lowest BCUT2D eigenvalue weighted by Gasteiger charge is -2.09. The molecule has 10 nitrogen and oxygen atoms in total. The van der Waals surface area contributed by atoms with Crippen LogP contribution in [0.1, 0.15) is 16.8 Å². The summed E-state index contributed by atoms with van der Waals surface area (Å²) in [4.78, 5) is 45.9. The van der Waals surface area contributed by atoms with Crippen molar-refractivity contribution in [2.24, 2.45) is 0 Å². The number of hydrogen-bond acceptors (Lipinski definition) is 7. The minimum Gasteiger partial charge on any atom is -0.496 e. The predicted molar refractivity (Wildman–Crippen MR) is 103 cm³/mol. The molecule has 0 spiro atoms. The lowest BCUT2D eigenvalue weighted by atomic mass is 10.2. The minimum absolute atomic E-state index is 0.00148. The number of rotatable bonds is 9. The third-order valence-electron chi connectivity index (χ3n) is 3.71. The van der Waals surface area contributed by atoms with E-state index < -0.39 is 29.3 Å². The zero-order valence-corrected chi connectivity index (χ0v) is 15.5. The predicted octanol–water partition coefficient (Wildman–Crippen LogP) is 1.91. The number of methoxy groups -OCH3 is 1. The summed E-state index contributed by atoms with van der Waals surface area (Å²) in [5.74, 6) is -1.43. The first-order valence-electron chi connectivity index (χ1n) is 8.52. The number of ether oxygens (including phenoxy) is 2. The van der Waals surface area contributed by atoms with Gasteiger partial charge in [0.15, 0.2) is 6.61 Å². The van der Waals surface area contributed by atoms with E-state index >= 15 is 0 Å². The zero-order valence-electron chi connectivity index (χ0n) is 15.5. The number of amides is 2. The fourth-order valence-electron chi connectivity index (χ4n) is 2.35. The van der Waals surface area contributed by atoms with Gasteiger partial charge >= 0.3 is 5.97 Å². The van der Waals surface area contributed by atoms with Crippen LogP contribution in [-0.2, 0) is 14.3 Å². The highest BCUT2D eigenvalue weighted by atomic mass is 16.6. The highest BCUT2D eigenvalue weighted by Crippen LogP contribution is 2.22. The quantitative estimate of drug-likeness (QED) is 0.372. The third-order valence-corrected chi connectivity index (χ3v) is 3.71. The molecule has 0 saturated heterocycles. The van der Waals surface area contributed by atoms with Gasteiger partial charge < -0.3 is 20.1 Å². The van der Waals surface area contributed by atoms with E-state index in [1.165, 1.54) is 31.4 Å². The molecule has 0 heterocycles. The molecule has 0 unspecified atom stereocenters. The number of para-hydroxylation sites is 3. The molecule has 0 radical (unpaired) electrons. The third kappa shape index (κ3) is 6.31. The summed E-state index contributed by atoms with van der Waals surface area (Å²) < 4.78 is 9.90. The van der Waals surface area contributed by atoms with Gasteiger partial charge in [-0.25, -0.2) is 0 Å². The summed E-state index contributed by atoms with van der Waals surface area (Å²) in [7, 11) is 1.44. The van der Waals surface area contributed by atoms with Gasteiger partial charge in [-0.15, -0.1) is 0 Å². The van der Waals surface area contributed by atoms with Crippen molar-refractivity contribution >= 4 is 29.2 Å². The van der Waals surface area contributed by atoms with Crippen LogP contribution in [0.3, 0.4) is 0 Å². The number of nitro benzene ring substituents is 1. The van der Waals surface area contributed by atoms with E-state index in [0.717, 1.165) is 0 Å². The molecule has 0 fully saturated rings. The Kier molecular flexibility index (Phi) is 7.66. The smallest absolute Gasteiger partial charge is 0.308 e. The molecule has 0 saturated carbocycles. The second kappa shape index (κ2) is 10.4. The van der Waals surface area contributed by atoms with Crippen LogP contribution in [0.5, 0.6) is 5.75 Å². The van der Waals surface area contributed by atoms with E-state index in [1.54, 1.807) is 24.3 Å². The Labute approximate surface area is 166 Å². The molecule has 0 aliphatic heterocycles. The maximum atomic E-state index is 12.1. The van der Waals surface area contributed by atoms with Crippen LogP contribution in [0.4, 0.5) is 11.4 Å². The summed E-state index contributed by atoms with van der Waals surface area (Å²) in [5.41, 5.74) is 0.0565. The Hall–Kier alpha value is -3.95. The molecule has 10 heteroatoms. The number of anilines is 1. The topological polar surface area (TPSA) is 137 Å². The molecule has 0 aromatic heterocycles. The Morgan fingerprint density at radius 3 is 2.48 bits per heavy atom. The minimum atomic E-state index is -0.717. The summed E-state index contributed by atoms with van der Waals surface area (Å²) in [6.07, 6.45) is -0.153. The molecule has 2 amide bonds. The van der Waals surface area contributed by atoms with Gasteiger partial charge in [0.05, 0.1) is 24.0 Å². The van der Waals surface area contributed by atoms with Crippen molar-refractivity contribution in [3.05, 3.63) is 64.2 Å². The number of esters is 1. The first kappa shape index (κ1) is 21.4. The van der Waals surface area contributed by atoms with Gasteiger partial charge in [-0.05, 0) is 18.2 Å². The standard InChI is InChI=1S/C19H19N3O7/c1-28-16-9-5-2-6-13(16)19(25)20-11-10-18(24)29-12-17(23)21-14-7-3-4-8-15(14)22(26)27/h2-9H,10-12H2,1H3,(H,20,25)(H,21,23). The molecule has 0 bridgehead atoms. The van der Waals surface area contributed by atoms with Crippen LogP contribution in [0.2, 0.25) is 0 Å². The Morgan fingerprint density at radius 2 is 1.76 bits per heavy atom. The molecule has 2 aromatic rings. The molecule has 0 atom stereocenters. The number of carbonyl (C=O) groups excluding carboxylic acids is 3. The molecule has 2 aromatic carbocycles. The molecule has 152 valence electrons. The van der Waals surface area contributed by atoms with E-state index in [4.69, 9.17) is 9.47 Å². The van der Waals surface area contributed by atoms with Gasteiger partial charge in [0.2, 0.25) is 0 Å². The van der Waals surface area contributed by atoms with Crippen LogP contribution >= 0.6 is 0 Å². The van der Waals surface area contributed by atoms with E-state index in [0.29, 0.717) is 11.3 Å². The number of nitro groups is 1. The fourth-order valence-corrected chi connectivity index (χ4v) is 2.35. The average molecular weight is 401 g/mol. The van der Waals surface area contributed by atoms with Gasteiger partial charge in [0.25, 0.3) is 17.5 Å². The van der Waals surface area contributed by atoms with Crippen LogP contribution in [0.25, 0.3) is 0 Å². The van der Waals surface area contributed by atoms with Crippen LogP contribution < -0.4 is 15.4 Å². The van der Waals surface area contributed by atoms with Gasteiger partial charge in [-0.2, -0.15) is 0 Å². The van der Waals surface area contributed by atoms with Crippen molar-refractivity contribution in [2.75, 3.05) is 25.6 Å². The van der Waals surface area contributed by atoms with Crippen LogP contribution in [-0.4, -0.2) is 43.0 Å². The SMILES string of the molecule is COc1ccccc1C(=O)NCCC(=O)OCC(=O)Nc1ccccc1[N+](=O)[O-]. The number of benzene rings is 2. The van der Waals surface area contributed by atoms with Gasteiger partial charge in [-0.1, -0.05) is 24.3 Å². The van der Waals surface area contributed by atoms with E-state index in [-0.39, 0.29) is 24.3 Å². The number of nitrogens with one attached hydrogen (secondary N) is 2. The van der Waals surface area contributed by atoms with Gasteiger partial charge in [0.1, 0.15) is 11.4 Å². The van der Waals surface area contributed by atoms with Gasteiger partial charge in [0, 0.05) is 12.6 Å². The summed E-state index contributed by atoms with van der Waals surface area (Å²) in [6.45, 7) is -0.604. The number of carbonyl (C=O) groups is 3. The Morgan fingerprint density at radius 1 is 1.07 bits per heavy atom. The molecular weight excluding hydrogens is 382 g/mol. The molecule has 0 aliphatic carbocycles. The molecular formula is C19H19N3O7. The molecule has 0 aliphatic rings. The number of nitrogens with zero attached hydrogens (tertiary/aromatic N) is 1. The zero-order chi connectivity index (χ0) is 21.2. The maximum Gasteiger partial charge on any atom is 0.308 e. The van der Waals surface area contributed by atoms with Crippen molar-refractivity contribution in [1.82, 2.24) is 5.32 Å². The monoisotopic (exact) mass is 401 g/mol. The largest absolute Gasteiger partial charge is 0.496 e. The molecule has 2 rings (SSSR count). The lowest BCUT2D eigenvalue weighted by molar-refractivity contribution is -0.383. The summed E-state index contributed by atoms with van der Waals surface area (Å²) >= 11 is 0. The summed E-state index contributed by atoms with van der Waals surface area (Å²) in [6, 6.07) is 12.2. The molecule has 2 N–H and O–H groups in total. The Balaban J connectivity index is 1.75. The second-order valence-corrected chi connectivity index (χ2v) is 5.69. The maximum absolute atomic E-state index is 12.1. The highest BCUT2D eigenvalue weighted by Gasteiger charge is 2.16. The first-order valence-corrected chi connectivity index (χ1v) is 8.52. The van der Waals surface area contributed by atoms with Crippen LogP contribution in [0, 0.1) is 10.1 Å². The molecule has 29 heavy (non-hydrogen) atoms. The van der Waals surface area contributed by atoms with Gasteiger partial charge in [-0.3, -0.25) is 24.5 Å². The van der Waals surface area contributed by atoms with E-state index in [9.17, 15) is 24.5 Å². The van der Waals surface area contributed by atoms with Crippen molar-refractivity contribution in [3.8, 4) is 5.75 Å². The van der Waals surface area contributed by atoms with Crippen molar-refractivity contribution in [2.45, 2.75) is 6.42 Å². The second-order valence-electron chi connectivity index (χ2n) is 5.69. The van der Waals surface area contributed by atoms with Crippen LogP contribution in [0.15, 0.2) is 48.5 Å².